The minimum absolute atomic E-state index is 0.0444. The molecule has 0 spiro atoms. The van der Waals surface area contributed by atoms with Crippen molar-refractivity contribution >= 4 is 0 Å². The summed E-state index contributed by atoms with van der Waals surface area (Å²) < 4.78 is 5.35. The molecule has 0 bridgehead atoms. The maximum atomic E-state index is 9.60. The Labute approximate surface area is 78.1 Å². The summed E-state index contributed by atoms with van der Waals surface area (Å²) in [7, 11) is 0. The van der Waals surface area contributed by atoms with Crippen molar-refractivity contribution in [2.24, 2.45) is 5.92 Å². The average molecular weight is 190 g/mol. The number of rotatable bonds is 1. The molecule has 0 aliphatic carbocycles. The van der Waals surface area contributed by atoms with Gasteiger partial charge in [-0.2, -0.15) is 0 Å². The minimum Gasteiger partial charge on any atom is -0.394 e. The molecule has 0 radical (unpaired) electrons. The van der Waals surface area contributed by atoms with Crippen LogP contribution >= 0.6 is 0 Å². The van der Waals surface area contributed by atoms with Gasteiger partial charge in [-0.25, -0.2) is 0 Å². The molecule has 0 amide bonds. The zero-order valence-corrected chi connectivity index (χ0v) is 8.05. The largest absolute Gasteiger partial charge is 0.394 e. The third kappa shape index (κ3) is 2.40. The van der Waals surface area contributed by atoms with Crippen LogP contribution in [0.25, 0.3) is 0 Å². The van der Waals surface area contributed by atoms with E-state index in [9.17, 15) is 10.2 Å². The fourth-order valence-electron chi connectivity index (χ4n) is 1.73. The van der Waals surface area contributed by atoms with Crippen LogP contribution in [-0.4, -0.2) is 46.3 Å². The summed E-state index contributed by atoms with van der Waals surface area (Å²) in [6.07, 6.45) is -1.72. The number of hydrogen-bond donors (Lipinski definition) is 3. The second kappa shape index (κ2) is 4.37. The van der Waals surface area contributed by atoms with Crippen LogP contribution < -0.4 is 0 Å². The summed E-state index contributed by atoms with van der Waals surface area (Å²) in [5.74, 6) is -0.0444. The van der Waals surface area contributed by atoms with Gasteiger partial charge in [-0.3, -0.25) is 0 Å². The molecule has 13 heavy (non-hydrogen) atoms. The molecule has 1 fully saturated rings. The van der Waals surface area contributed by atoms with E-state index in [1.807, 2.05) is 6.92 Å². The molecule has 1 saturated heterocycles. The summed E-state index contributed by atoms with van der Waals surface area (Å²) in [5, 5.41) is 28.1. The lowest BCUT2D eigenvalue weighted by atomic mass is 9.94. The normalized spacial score (nSPS) is 47.3. The Bertz CT molecular complexity index is 146. The second-order valence-electron chi connectivity index (χ2n) is 3.84. The Kier molecular flexibility index (Phi) is 3.67. The van der Waals surface area contributed by atoms with E-state index in [1.165, 1.54) is 0 Å². The molecule has 1 heterocycles. The molecule has 4 nitrogen and oxygen atoms in total. The number of aliphatic hydroxyl groups excluding tert-OH is 3. The zero-order valence-electron chi connectivity index (χ0n) is 8.05. The van der Waals surface area contributed by atoms with Gasteiger partial charge in [0.1, 0.15) is 6.10 Å². The lowest BCUT2D eigenvalue weighted by molar-refractivity contribution is -0.0953. The van der Waals surface area contributed by atoms with Crippen molar-refractivity contribution in [3.8, 4) is 0 Å². The first-order valence-electron chi connectivity index (χ1n) is 4.68. The van der Waals surface area contributed by atoms with E-state index in [2.05, 4.69) is 0 Å². The van der Waals surface area contributed by atoms with Gasteiger partial charge in [0.05, 0.1) is 24.9 Å². The molecule has 0 aromatic carbocycles. The quantitative estimate of drug-likeness (QED) is 0.522. The van der Waals surface area contributed by atoms with Gasteiger partial charge in [0.25, 0.3) is 0 Å². The molecule has 3 N–H and O–H groups in total. The first kappa shape index (κ1) is 10.9. The van der Waals surface area contributed by atoms with E-state index in [0.717, 1.165) is 0 Å². The van der Waals surface area contributed by atoms with Gasteiger partial charge in [-0.1, -0.05) is 6.92 Å². The van der Waals surface area contributed by atoms with E-state index >= 15 is 0 Å². The molecule has 5 atom stereocenters. The van der Waals surface area contributed by atoms with Gasteiger partial charge in [0, 0.05) is 0 Å². The number of ether oxygens (including phenoxy) is 1. The van der Waals surface area contributed by atoms with Crippen molar-refractivity contribution in [2.45, 2.75) is 44.7 Å². The first-order valence-corrected chi connectivity index (χ1v) is 4.68. The Hall–Kier alpha value is -0.160. The summed E-state index contributed by atoms with van der Waals surface area (Å²) in [4.78, 5) is 0. The Morgan fingerprint density at radius 3 is 2.38 bits per heavy atom. The van der Waals surface area contributed by atoms with Gasteiger partial charge in [0.15, 0.2) is 0 Å². The van der Waals surface area contributed by atoms with Crippen molar-refractivity contribution in [2.75, 3.05) is 6.61 Å². The van der Waals surface area contributed by atoms with Crippen LogP contribution in [0.15, 0.2) is 0 Å². The third-order valence-corrected chi connectivity index (χ3v) is 2.66. The smallest absolute Gasteiger partial charge is 0.106 e. The predicted octanol–water partition coefficient (Wildman–Crippen LogP) is -0.486. The molecule has 1 aliphatic rings. The molecule has 1 aliphatic heterocycles. The van der Waals surface area contributed by atoms with Crippen molar-refractivity contribution in [1.29, 1.82) is 0 Å². The van der Waals surface area contributed by atoms with Crippen LogP contribution in [0.5, 0.6) is 0 Å². The van der Waals surface area contributed by atoms with Gasteiger partial charge >= 0.3 is 0 Å². The highest BCUT2D eigenvalue weighted by Crippen LogP contribution is 2.24. The maximum absolute atomic E-state index is 9.60. The van der Waals surface area contributed by atoms with E-state index < -0.39 is 18.3 Å². The fourth-order valence-corrected chi connectivity index (χ4v) is 1.73. The van der Waals surface area contributed by atoms with E-state index in [4.69, 9.17) is 9.84 Å². The summed E-state index contributed by atoms with van der Waals surface area (Å²) >= 11 is 0. The molecule has 0 saturated carbocycles. The predicted molar refractivity (Wildman–Crippen MR) is 47.2 cm³/mol. The highest BCUT2D eigenvalue weighted by molar-refractivity contribution is 4.83. The summed E-state index contributed by atoms with van der Waals surface area (Å²) in [6, 6.07) is 0. The van der Waals surface area contributed by atoms with Crippen LogP contribution in [0.3, 0.4) is 0 Å². The number of aliphatic hydroxyl groups is 3. The monoisotopic (exact) mass is 190 g/mol. The molecule has 4 heteroatoms. The van der Waals surface area contributed by atoms with Crippen molar-refractivity contribution < 1.29 is 20.1 Å². The first-order chi connectivity index (χ1) is 6.06. The summed E-state index contributed by atoms with van der Waals surface area (Å²) in [6.45, 7) is 3.49. The second-order valence-corrected chi connectivity index (χ2v) is 3.84. The van der Waals surface area contributed by atoms with Crippen molar-refractivity contribution in [1.82, 2.24) is 0 Å². The van der Waals surface area contributed by atoms with Crippen LogP contribution in [-0.2, 0) is 4.74 Å². The van der Waals surface area contributed by atoms with Crippen molar-refractivity contribution in [3.63, 3.8) is 0 Å². The minimum atomic E-state index is -0.855. The third-order valence-electron chi connectivity index (χ3n) is 2.66. The Morgan fingerprint density at radius 1 is 1.23 bits per heavy atom. The van der Waals surface area contributed by atoms with Crippen LogP contribution in [0.1, 0.15) is 20.3 Å². The SMILES string of the molecule is CC1C[C@@H](CO)OC(C)C(O)C1O. The van der Waals surface area contributed by atoms with Gasteiger partial charge in [0.2, 0.25) is 0 Å². The van der Waals surface area contributed by atoms with Crippen molar-refractivity contribution in [3.05, 3.63) is 0 Å². The standard InChI is InChI=1S/C9H18O4/c1-5-3-7(4-10)13-6(2)9(12)8(5)11/h5-12H,3-4H2,1-2H3/t5?,6?,7-,8?,9?/m0/s1. The number of hydrogen-bond acceptors (Lipinski definition) is 4. The average Bonchev–Trinajstić information content (AvgIpc) is 2.20. The molecular weight excluding hydrogens is 172 g/mol. The fraction of sp³-hybridized carbons (Fsp3) is 1.00. The van der Waals surface area contributed by atoms with Crippen LogP contribution in [0.2, 0.25) is 0 Å². The van der Waals surface area contributed by atoms with Crippen LogP contribution in [0.4, 0.5) is 0 Å². The van der Waals surface area contributed by atoms with E-state index in [0.29, 0.717) is 6.42 Å². The maximum Gasteiger partial charge on any atom is 0.106 e. The molecule has 1 rings (SSSR count). The van der Waals surface area contributed by atoms with Gasteiger partial charge in [-0.05, 0) is 19.3 Å². The molecular formula is C9H18O4. The van der Waals surface area contributed by atoms with Gasteiger partial charge in [-0.15, -0.1) is 0 Å². The summed E-state index contributed by atoms with van der Waals surface area (Å²) in [5.41, 5.74) is 0. The molecule has 4 unspecified atom stereocenters. The Morgan fingerprint density at radius 2 is 1.85 bits per heavy atom. The highest BCUT2D eigenvalue weighted by atomic mass is 16.5. The van der Waals surface area contributed by atoms with E-state index in [1.54, 1.807) is 6.92 Å². The molecule has 0 aromatic rings. The molecule has 0 aromatic heterocycles. The topological polar surface area (TPSA) is 69.9 Å². The van der Waals surface area contributed by atoms with E-state index in [-0.39, 0.29) is 18.6 Å². The zero-order chi connectivity index (χ0) is 10.0. The van der Waals surface area contributed by atoms with Crippen LogP contribution in [0, 0.1) is 5.92 Å². The lowest BCUT2D eigenvalue weighted by Crippen LogP contribution is -2.38. The lowest BCUT2D eigenvalue weighted by Gasteiger charge is -2.22. The molecule has 78 valence electrons. The highest BCUT2D eigenvalue weighted by Gasteiger charge is 2.34. The Balaban J connectivity index is 2.66. The van der Waals surface area contributed by atoms with Gasteiger partial charge < -0.3 is 20.1 Å².